The van der Waals surface area contributed by atoms with Crippen molar-refractivity contribution in [1.82, 2.24) is 10.2 Å². The first kappa shape index (κ1) is 15.9. The maximum atomic E-state index is 12.0. The minimum Gasteiger partial charge on any atom is -0.397 e. The number of nitrogens with zero attached hydrogens (tertiary/aromatic N) is 2. The van der Waals surface area contributed by atoms with Gasteiger partial charge in [-0.3, -0.25) is 9.69 Å². The van der Waals surface area contributed by atoms with Crippen molar-refractivity contribution >= 4 is 27.9 Å². The molecule has 0 radical (unpaired) electrons. The highest BCUT2D eigenvalue weighted by atomic mass is 32.1. The highest BCUT2D eigenvalue weighted by molar-refractivity contribution is 7.18. The Balaban J connectivity index is 2.02. The summed E-state index contributed by atoms with van der Waals surface area (Å²) in [5.41, 5.74) is 6.54. The molecule has 1 fully saturated rings. The molecule has 1 aromatic rings. The Labute approximate surface area is 130 Å². The van der Waals surface area contributed by atoms with Crippen LogP contribution in [0.3, 0.4) is 0 Å². The minimum absolute atomic E-state index is 0.121. The molecule has 1 aliphatic heterocycles. The van der Waals surface area contributed by atoms with E-state index in [1.807, 2.05) is 6.07 Å². The summed E-state index contributed by atoms with van der Waals surface area (Å²) in [4.78, 5) is 17.4. The Morgan fingerprint density at radius 2 is 2.14 bits per heavy atom. The molecule has 6 heteroatoms. The second-order valence-corrected chi connectivity index (χ2v) is 6.52. The van der Waals surface area contributed by atoms with Gasteiger partial charge in [-0.1, -0.05) is 6.08 Å². The number of nitrogens with one attached hydrogen (secondary N) is 1. The average Bonchev–Trinajstić information content (AvgIpc) is 2.87. The van der Waals surface area contributed by atoms with E-state index >= 15 is 0 Å². The predicted molar refractivity (Wildman–Crippen MR) is 90.2 cm³/mol. The van der Waals surface area contributed by atoms with Crippen LogP contribution >= 0.6 is 11.3 Å². The van der Waals surface area contributed by atoms with Crippen LogP contribution in [0.1, 0.15) is 23.5 Å². The van der Waals surface area contributed by atoms with Crippen LogP contribution in [0, 0.1) is 0 Å². The molecule has 1 aliphatic rings. The number of nitrogens with two attached hydrogens (primary N) is 1. The first-order valence-electron chi connectivity index (χ1n) is 7.30. The normalized spacial score (nSPS) is 16.2. The van der Waals surface area contributed by atoms with Gasteiger partial charge < -0.3 is 16.0 Å². The standard InChI is InChI=1S/C15H24N4OS/c1-4-5-17-15(20)14-12(16)10-13(21-14)19-8-6-18(7-9-19)11(2)3/h4,10-11H,1,5-9,16H2,2-3H3,(H,17,20). The third kappa shape index (κ3) is 3.77. The van der Waals surface area contributed by atoms with E-state index in [-0.39, 0.29) is 5.91 Å². The van der Waals surface area contributed by atoms with Crippen LogP contribution in [0.4, 0.5) is 10.7 Å². The van der Waals surface area contributed by atoms with Crippen LogP contribution in [0.2, 0.25) is 0 Å². The molecule has 0 aromatic carbocycles. The fraction of sp³-hybridized carbons (Fsp3) is 0.533. The maximum Gasteiger partial charge on any atom is 0.263 e. The van der Waals surface area contributed by atoms with E-state index in [0.29, 0.717) is 23.2 Å². The molecule has 116 valence electrons. The monoisotopic (exact) mass is 308 g/mol. The molecule has 1 saturated heterocycles. The minimum atomic E-state index is -0.121. The fourth-order valence-corrected chi connectivity index (χ4v) is 3.48. The summed E-state index contributed by atoms with van der Waals surface area (Å²) < 4.78 is 0. The van der Waals surface area contributed by atoms with Gasteiger partial charge in [0.2, 0.25) is 0 Å². The second-order valence-electron chi connectivity index (χ2n) is 5.48. The Kier molecular flexibility index (Phi) is 5.25. The molecular formula is C15H24N4OS. The predicted octanol–water partition coefficient (Wildman–Crippen LogP) is 1.78. The van der Waals surface area contributed by atoms with E-state index in [2.05, 4.69) is 35.5 Å². The van der Waals surface area contributed by atoms with Gasteiger partial charge in [0, 0.05) is 38.8 Å². The van der Waals surface area contributed by atoms with Crippen LogP contribution in [0.15, 0.2) is 18.7 Å². The number of carbonyl (C=O) groups excluding carboxylic acids is 1. The SMILES string of the molecule is C=CCNC(=O)c1sc(N2CCN(C(C)C)CC2)cc1N. The molecule has 0 spiro atoms. The Bertz CT molecular complexity index is 504. The van der Waals surface area contributed by atoms with Gasteiger partial charge in [-0.05, 0) is 19.9 Å². The smallest absolute Gasteiger partial charge is 0.263 e. The van der Waals surface area contributed by atoms with E-state index in [1.54, 1.807) is 6.08 Å². The zero-order chi connectivity index (χ0) is 15.4. The third-order valence-electron chi connectivity index (χ3n) is 3.72. The summed E-state index contributed by atoms with van der Waals surface area (Å²) in [6, 6.07) is 2.50. The molecule has 1 aromatic heterocycles. The quantitative estimate of drug-likeness (QED) is 0.814. The number of hydrogen-bond acceptors (Lipinski definition) is 5. The van der Waals surface area contributed by atoms with E-state index in [4.69, 9.17) is 5.73 Å². The van der Waals surface area contributed by atoms with Crippen LogP contribution in [0.25, 0.3) is 0 Å². The molecule has 2 heterocycles. The number of anilines is 2. The van der Waals surface area contributed by atoms with Gasteiger partial charge in [-0.25, -0.2) is 0 Å². The van der Waals surface area contributed by atoms with E-state index in [1.165, 1.54) is 11.3 Å². The fourth-order valence-electron chi connectivity index (χ4n) is 2.43. The second kappa shape index (κ2) is 6.95. The molecule has 0 unspecified atom stereocenters. The summed E-state index contributed by atoms with van der Waals surface area (Å²) in [7, 11) is 0. The number of thiophene rings is 1. The summed E-state index contributed by atoms with van der Waals surface area (Å²) in [6.45, 7) is 12.6. The van der Waals surface area contributed by atoms with Crippen molar-refractivity contribution in [3.63, 3.8) is 0 Å². The molecule has 0 bridgehead atoms. The van der Waals surface area contributed by atoms with Gasteiger partial charge in [0.1, 0.15) is 4.88 Å². The Morgan fingerprint density at radius 3 is 2.71 bits per heavy atom. The first-order valence-corrected chi connectivity index (χ1v) is 8.12. The summed E-state index contributed by atoms with van der Waals surface area (Å²) >= 11 is 1.47. The van der Waals surface area contributed by atoms with Crippen molar-refractivity contribution in [3.8, 4) is 0 Å². The molecule has 21 heavy (non-hydrogen) atoms. The van der Waals surface area contributed by atoms with Gasteiger partial charge in [-0.15, -0.1) is 17.9 Å². The van der Waals surface area contributed by atoms with Crippen molar-refractivity contribution < 1.29 is 4.79 Å². The highest BCUT2D eigenvalue weighted by Gasteiger charge is 2.22. The Hall–Kier alpha value is -1.53. The highest BCUT2D eigenvalue weighted by Crippen LogP contribution is 2.32. The number of piperazine rings is 1. The number of amides is 1. The lowest BCUT2D eigenvalue weighted by molar-refractivity contribution is 0.0963. The summed E-state index contributed by atoms with van der Waals surface area (Å²) in [5, 5.41) is 3.86. The first-order chi connectivity index (χ1) is 10.0. The largest absolute Gasteiger partial charge is 0.397 e. The molecule has 0 atom stereocenters. The molecule has 1 amide bonds. The van der Waals surface area contributed by atoms with E-state index in [9.17, 15) is 4.79 Å². The summed E-state index contributed by atoms with van der Waals surface area (Å²) in [5.74, 6) is -0.121. The van der Waals surface area contributed by atoms with Crippen LogP contribution in [-0.4, -0.2) is 49.6 Å². The van der Waals surface area contributed by atoms with Gasteiger partial charge in [0.25, 0.3) is 5.91 Å². The van der Waals surface area contributed by atoms with Gasteiger partial charge >= 0.3 is 0 Å². The number of carbonyl (C=O) groups is 1. The van der Waals surface area contributed by atoms with Crippen LogP contribution in [0.5, 0.6) is 0 Å². The lowest BCUT2D eigenvalue weighted by Crippen LogP contribution is -2.48. The lowest BCUT2D eigenvalue weighted by atomic mass is 10.2. The molecular weight excluding hydrogens is 284 g/mol. The zero-order valence-corrected chi connectivity index (χ0v) is 13.6. The van der Waals surface area contributed by atoms with E-state index < -0.39 is 0 Å². The average molecular weight is 308 g/mol. The molecule has 0 aliphatic carbocycles. The number of rotatable bonds is 5. The van der Waals surface area contributed by atoms with Gasteiger partial charge in [-0.2, -0.15) is 0 Å². The molecule has 2 rings (SSSR count). The molecule has 5 nitrogen and oxygen atoms in total. The van der Waals surface area contributed by atoms with Crippen molar-refractivity contribution in [2.45, 2.75) is 19.9 Å². The molecule has 3 N–H and O–H groups in total. The summed E-state index contributed by atoms with van der Waals surface area (Å²) in [6.07, 6.45) is 1.66. The van der Waals surface area contributed by atoms with Crippen molar-refractivity contribution in [2.24, 2.45) is 0 Å². The van der Waals surface area contributed by atoms with Gasteiger partial charge in [0.05, 0.1) is 10.7 Å². The maximum absolute atomic E-state index is 12.0. The van der Waals surface area contributed by atoms with Crippen LogP contribution in [-0.2, 0) is 0 Å². The Morgan fingerprint density at radius 1 is 1.48 bits per heavy atom. The molecule has 0 saturated carbocycles. The zero-order valence-electron chi connectivity index (χ0n) is 12.8. The van der Waals surface area contributed by atoms with Gasteiger partial charge in [0.15, 0.2) is 0 Å². The van der Waals surface area contributed by atoms with Crippen LogP contribution < -0.4 is 16.0 Å². The van der Waals surface area contributed by atoms with Crippen molar-refractivity contribution in [3.05, 3.63) is 23.6 Å². The lowest BCUT2D eigenvalue weighted by Gasteiger charge is -2.37. The third-order valence-corrected chi connectivity index (χ3v) is 4.93. The van der Waals surface area contributed by atoms with E-state index in [0.717, 1.165) is 31.2 Å². The number of nitrogen functional groups attached to an aromatic ring is 1. The number of hydrogen-bond donors (Lipinski definition) is 2. The van der Waals surface area contributed by atoms with Crippen molar-refractivity contribution in [1.29, 1.82) is 0 Å². The van der Waals surface area contributed by atoms with Crippen molar-refractivity contribution in [2.75, 3.05) is 43.4 Å². The topological polar surface area (TPSA) is 61.6 Å².